The Balaban J connectivity index is 2.46. The van der Waals surface area contributed by atoms with Crippen LogP contribution in [0.4, 0.5) is 0 Å². The van der Waals surface area contributed by atoms with E-state index in [4.69, 9.17) is 0 Å². The molecule has 0 N–H and O–H groups in total. The summed E-state index contributed by atoms with van der Waals surface area (Å²) < 4.78 is 1.16. The number of hydrogen-bond donors (Lipinski definition) is 0. The van der Waals surface area contributed by atoms with E-state index in [0.29, 0.717) is 6.04 Å². The Morgan fingerprint density at radius 2 is 1.91 bits per heavy atom. The van der Waals surface area contributed by atoms with Gasteiger partial charge in [0.1, 0.15) is 6.67 Å². The first-order valence-corrected chi connectivity index (χ1v) is 4.57. The molecule has 1 saturated heterocycles. The Hall–Kier alpha value is -0.0800. The van der Waals surface area contributed by atoms with Gasteiger partial charge in [-0.05, 0) is 13.8 Å². The van der Waals surface area contributed by atoms with Crippen LogP contribution in [-0.2, 0) is 0 Å². The van der Waals surface area contributed by atoms with Crippen molar-refractivity contribution in [3.05, 3.63) is 0 Å². The summed E-state index contributed by atoms with van der Waals surface area (Å²) in [4.78, 5) is 2.56. The second-order valence-electron chi connectivity index (χ2n) is 4.56. The fraction of sp³-hybridized carbons (Fsp3) is 1.00. The highest BCUT2D eigenvalue weighted by Gasteiger charge is 2.26. The maximum Gasteiger partial charge on any atom is 0.134 e. The van der Waals surface area contributed by atoms with Gasteiger partial charge in [-0.25, -0.2) is 0 Å². The molecule has 0 radical (unpaired) electrons. The van der Waals surface area contributed by atoms with E-state index in [1.165, 1.54) is 26.2 Å². The summed E-state index contributed by atoms with van der Waals surface area (Å²) in [5, 5.41) is 0. The highest BCUT2D eigenvalue weighted by Crippen LogP contribution is 2.12. The molecule has 0 atom stereocenters. The van der Waals surface area contributed by atoms with E-state index in [1.54, 1.807) is 0 Å². The van der Waals surface area contributed by atoms with Gasteiger partial charge in [0.05, 0.1) is 20.6 Å². The van der Waals surface area contributed by atoms with Crippen molar-refractivity contribution in [2.75, 3.05) is 33.9 Å². The monoisotopic (exact) mass is 157 g/mol. The Labute approximate surface area is 70.4 Å². The minimum absolute atomic E-state index is 0.715. The molecule has 0 aromatic rings. The normalized spacial score (nSPS) is 25.9. The van der Waals surface area contributed by atoms with E-state index in [1.807, 2.05) is 0 Å². The van der Waals surface area contributed by atoms with E-state index in [0.717, 1.165) is 4.48 Å². The molecule has 0 aromatic heterocycles. The molecule has 0 unspecified atom stereocenters. The topological polar surface area (TPSA) is 3.24 Å². The lowest BCUT2D eigenvalue weighted by molar-refractivity contribution is -0.906. The third-order valence-electron chi connectivity index (χ3n) is 2.50. The Bertz CT molecular complexity index is 130. The van der Waals surface area contributed by atoms with Crippen LogP contribution in [0, 0.1) is 0 Å². The average molecular weight is 157 g/mol. The van der Waals surface area contributed by atoms with Crippen molar-refractivity contribution in [3.63, 3.8) is 0 Å². The van der Waals surface area contributed by atoms with E-state index >= 15 is 0 Å². The van der Waals surface area contributed by atoms with Crippen LogP contribution in [0.3, 0.4) is 0 Å². The summed E-state index contributed by atoms with van der Waals surface area (Å²) >= 11 is 0. The van der Waals surface area contributed by atoms with E-state index in [2.05, 4.69) is 32.8 Å². The minimum atomic E-state index is 0.715. The van der Waals surface area contributed by atoms with Crippen LogP contribution in [-0.4, -0.2) is 49.3 Å². The van der Waals surface area contributed by atoms with Gasteiger partial charge in [0.25, 0.3) is 0 Å². The van der Waals surface area contributed by atoms with Gasteiger partial charge in [0.15, 0.2) is 0 Å². The molecule has 0 saturated carbocycles. The lowest BCUT2D eigenvalue weighted by Crippen LogP contribution is -2.55. The van der Waals surface area contributed by atoms with Crippen molar-refractivity contribution >= 4 is 0 Å². The lowest BCUT2D eigenvalue weighted by atomic mass is 10.2. The van der Waals surface area contributed by atoms with Crippen molar-refractivity contribution in [1.29, 1.82) is 0 Å². The van der Waals surface area contributed by atoms with Crippen LogP contribution in [0.25, 0.3) is 0 Å². The van der Waals surface area contributed by atoms with Crippen molar-refractivity contribution in [1.82, 2.24) is 4.90 Å². The van der Waals surface area contributed by atoms with Crippen molar-refractivity contribution in [3.8, 4) is 0 Å². The quantitative estimate of drug-likeness (QED) is 0.516. The molecule has 1 aliphatic rings. The van der Waals surface area contributed by atoms with Crippen LogP contribution in [0.1, 0.15) is 20.3 Å². The molecule has 11 heavy (non-hydrogen) atoms. The van der Waals surface area contributed by atoms with Gasteiger partial charge in [-0.2, -0.15) is 0 Å². The second kappa shape index (κ2) is 3.11. The van der Waals surface area contributed by atoms with Crippen LogP contribution in [0.15, 0.2) is 0 Å². The zero-order chi connectivity index (χ0) is 8.48. The fourth-order valence-corrected chi connectivity index (χ4v) is 1.76. The first-order chi connectivity index (χ1) is 5.01. The molecular formula is C9H21N2+. The molecule has 2 nitrogen and oxygen atoms in total. The number of hydrogen-bond acceptors (Lipinski definition) is 1. The van der Waals surface area contributed by atoms with E-state index in [9.17, 15) is 0 Å². The van der Waals surface area contributed by atoms with Gasteiger partial charge in [-0.3, -0.25) is 4.90 Å². The zero-order valence-electron chi connectivity index (χ0n) is 8.30. The Morgan fingerprint density at radius 1 is 1.27 bits per heavy atom. The largest absolute Gasteiger partial charge is 0.316 e. The molecule has 1 aliphatic heterocycles. The maximum atomic E-state index is 2.56. The molecule has 0 amide bonds. The SMILES string of the molecule is CC(C)N1CCC[N+](C)(C)C1. The van der Waals surface area contributed by atoms with Gasteiger partial charge in [-0.1, -0.05) is 0 Å². The molecule has 0 aliphatic carbocycles. The minimum Gasteiger partial charge on any atom is -0.316 e. The van der Waals surface area contributed by atoms with Crippen LogP contribution >= 0.6 is 0 Å². The molecule has 0 spiro atoms. The predicted octanol–water partition coefficient (Wildman–Crippen LogP) is 1.13. The zero-order valence-corrected chi connectivity index (χ0v) is 8.30. The van der Waals surface area contributed by atoms with Gasteiger partial charge in [0, 0.05) is 19.0 Å². The third-order valence-corrected chi connectivity index (χ3v) is 2.50. The van der Waals surface area contributed by atoms with Crippen molar-refractivity contribution in [2.45, 2.75) is 26.3 Å². The standard InChI is InChI=1S/C9H21N2/c1-9(2)10-6-5-7-11(3,4)8-10/h9H,5-8H2,1-4H3/q+1. The average Bonchev–Trinajstić information content (AvgIpc) is 1.85. The molecule has 1 rings (SSSR count). The summed E-state index contributed by atoms with van der Waals surface area (Å²) in [6, 6.07) is 0.715. The molecule has 0 aromatic carbocycles. The summed E-state index contributed by atoms with van der Waals surface area (Å²) in [5.41, 5.74) is 0. The van der Waals surface area contributed by atoms with E-state index in [-0.39, 0.29) is 0 Å². The number of nitrogens with zero attached hydrogens (tertiary/aromatic N) is 2. The summed E-state index contributed by atoms with van der Waals surface area (Å²) in [6.07, 6.45) is 1.35. The summed E-state index contributed by atoms with van der Waals surface area (Å²) in [7, 11) is 4.63. The van der Waals surface area contributed by atoms with Crippen LogP contribution < -0.4 is 0 Å². The highest BCUT2D eigenvalue weighted by atomic mass is 15.4. The van der Waals surface area contributed by atoms with E-state index < -0.39 is 0 Å². The lowest BCUT2D eigenvalue weighted by Gasteiger charge is -2.41. The molecule has 2 heteroatoms. The number of rotatable bonds is 1. The molecule has 0 bridgehead atoms. The first kappa shape index (κ1) is 9.01. The molecule has 1 fully saturated rings. The fourth-order valence-electron chi connectivity index (χ4n) is 1.76. The van der Waals surface area contributed by atoms with Gasteiger partial charge in [0.2, 0.25) is 0 Å². The molecule has 66 valence electrons. The Morgan fingerprint density at radius 3 is 2.27 bits per heavy atom. The summed E-state index contributed by atoms with van der Waals surface area (Å²) in [6.45, 7) is 8.41. The molecule has 1 heterocycles. The van der Waals surface area contributed by atoms with Gasteiger partial charge >= 0.3 is 0 Å². The third kappa shape index (κ3) is 2.46. The Kier molecular flexibility index (Phi) is 2.55. The van der Waals surface area contributed by atoms with Crippen LogP contribution in [0.2, 0.25) is 0 Å². The van der Waals surface area contributed by atoms with Crippen molar-refractivity contribution < 1.29 is 4.48 Å². The number of quaternary nitrogens is 1. The predicted molar refractivity (Wildman–Crippen MR) is 48.3 cm³/mol. The highest BCUT2D eigenvalue weighted by molar-refractivity contribution is 4.62. The smallest absolute Gasteiger partial charge is 0.134 e. The summed E-state index contributed by atoms with van der Waals surface area (Å²) in [5.74, 6) is 0. The first-order valence-electron chi connectivity index (χ1n) is 4.57. The second-order valence-corrected chi connectivity index (χ2v) is 4.56. The molecular weight excluding hydrogens is 136 g/mol. The maximum absolute atomic E-state index is 2.56. The van der Waals surface area contributed by atoms with Gasteiger partial charge in [-0.15, -0.1) is 0 Å². The van der Waals surface area contributed by atoms with Gasteiger partial charge < -0.3 is 4.48 Å². The van der Waals surface area contributed by atoms with Crippen molar-refractivity contribution in [2.24, 2.45) is 0 Å². The van der Waals surface area contributed by atoms with Crippen LogP contribution in [0.5, 0.6) is 0 Å².